The molecule has 0 aliphatic carbocycles. The molecular formula is C20H10Cl2FNO3. The minimum absolute atomic E-state index is 0.0810. The molecule has 0 saturated carbocycles. The summed E-state index contributed by atoms with van der Waals surface area (Å²) < 4.78 is 23.9. The van der Waals surface area contributed by atoms with E-state index in [1.54, 1.807) is 30.3 Å². The van der Waals surface area contributed by atoms with Crippen LogP contribution < -0.4 is 0 Å². The van der Waals surface area contributed by atoms with E-state index >= 15 is 0 Å². The van der Waals surface area contributed by atoms with Crippen LogP contribution in [-0.4, -0.2) is 11.9 Å². The van der Waals surface area contributed by atoms with Crippen LogP contribution in [0.4, 0.5) is 4.39 Å². The Morgan fingerprint density at radius 1 is 1.00 bits per heavy atom. The second kappa shape index (κ2) is 7.02. The number of esters is 1. The van der Waals surface area contributed by atoms with Gasteiger partial charge in [-0.25, -0.2) is 14.2 Å². The average Bonchev–Trinajstić information content (AvgIpc) is 3.23. The van der Waals surface area contributed by atoms with Gasteiger partial charge in [0.25, 0.3) is 0 Å². The Labute approximate surface area is 163 Å². The number of nitrogens with zero attached hydrogens (tertiary/aromatic N) is 1. The number of cyclic esters (lactones) is 1. The molecular weight excluding hydrogens is 392 g/mol. The summed E-state index contributed by atoms with van der Waals surface area (Å²) in [6, 6.07) is 14.0. The molecule has 0 amide bonds. The van der Waals surface area contributed by atoms with Crippen molar-refractivity contribution >= 4 is 41.1 Å². The molecule has 0 bridgehead atoms. The van der Waals surface area contributed by atoms with Crippen molar-refractivity contribution < 1.29 is 18.3 Å². The molecule has 134 valence electrons. The third-order valence-corrected chi connectivity index (χ3v) is 4.36. The molecule has 0 unspecified atom stereocenters. The van der Waals surface area contributed by atoms with Crippen molar-refractivity contribution in [3.63, 3.8) is 0 Å². The van der Waals surface area contributed by atoms with Gasteiger partial charge < -0.3 is 9.15 Å². The number of furan rings is 1. The molecule has 1 aliphatic rings. The van der Waals surface area contributed by atoms with Crippen LogP contribution in [0, 0.1) is 5.82 Å². The van der Waals surface area contributed by atoms with E-state index in [0.717, 1.165) is 0 Å². The van der Waals surface area contributed by atoms with Crippen molar-refractivity contribution in [1.82, 2.24) is 0 Å². The van der Waals surface area contributed by atoms with Gasteiger partial charge in [-0.15, -0.1) is 0 Å². The Balaban J connectivity index is 1.63. The van der Waals surface area contributed by atoms with E-state index in [4.69, 9.17) is 32.4 Å². The van der Waals surface area contributed by atoms with Gasteiger partial charge >= 0.3 is 5.97 Å². The first-order valence-corrected chi connectivity index (χ1v) is 8.59. The van der Waals surface area contributed by atoms with E-state index < -0.39 is 5.97 Å². The van der Waals surface area contributed by atoms with E-state index in [2.05, 4.69) is 4.99 Å². The Morgan fingerprint density at radius 3 is 2.52 bits per heavy atom. The fourth-order valence-electron chi connectivity index (χ4n) is 2.52. The van der Waals surface area contributed by atoms with Crippen LogP contribution in [0.1, 0.15) is 11.3 Å². The highest BCUT2D eigenvalue weighted by Crippen LogP contribution is 2.32. The van der Waals surface area contributed by atoms with Crippen molar-refractivity contribution in [1.29, 1.82) is 0 Å². The summed E-state index contributed by atoms with van der Waals surface area (Å²) in [5.41, 5.74) is 1.26. The molecule has 1 aromatic heterocycles. The lowest BCUT2D eigenvalue weighted by Gasteiger charge is -2.00. The first-order chi connectivity index (χ1) is 13.0. The van der Waals surface area contributed by atoms with Crippen LogP contribution in [0.25, 0.3) is 17.4 Å². The van der Waals surface area contributed by atoms with Crippen molar-refractivity contribution in [3.8, 4) is 11.3 Å². The van der Waals surface area contributed by atoms with Crippen LogP contribution in [0.2, 0.25) is 10.0 Å². The van der Waals surface area contributed by atoms with Gasteiger partial charge in [0, 0.05) is 22.2 Å². The third-order valence-electron chi connectivity index (χ3n) is 3.81. The minimum atomic E-state index is -0.614. The number of rotatable bonds is 3. The SMILES string of the molecule is O=C1OC(c2ccc(F)cc2)=N/C1=C\c1ccc(-c2ccc(Cl)cc2Cl)o1. The van der Waals surface area contributed by atoms with Crippen LogP contribution in [-0.2, 0) is 9.53 Å². The van der Waals surface area contributed by atoms with Crippen LogP contribution in [0.5, 0.6) is 0 Å². The van der Waals surface area contributed by atoms with Crippen molar-refractivity contribution in [2.45, 2.75) is 0 Å². The van der Waals surface area contributed by atoms with E-state index in [9.17, 15) is 9.18 Å². The van der Waals surface area contributed by atoms with Crippen molar-refractivity contribution in [3.05, 3.63) is 87.5 Å². The molecule has 4 rings (SSSR count). The van der Waals surface area contributed by atoms with Gasteiger partial charge in [-0.3, -0.25) is 0 Å². The van der Waals surface area contributed by atoms with Gasteiger partial charge in [-0.1, -0.05) is 23.2 Å². The predicted octanol–water partition coefficient (Wildman–Crippen LogP) is 5.74. The number of benzene rings is 2. The quantitative estimate of drug-likeness (QED) is 0.415. The first-order valence-electron chi connectivity index (χ1n) is 7.83. The smallest absolute Gasteiger partial charge is 0.363 e. The fourth-order valence-corrected chi connectivity index (χ4v) is 3.03. The monoisotopic (exact) mass is 401 g/mol. The number of carbonyl (C=O) groups is 1. The van der Waals surface area contributed by atoms with E-state index in [0.29, 0.717) is 32.7 Å². The molecule has 0 atom stereocenters. The molecule has 27 heavy (non-hydrogen) atoms. The number of ether oxygens (including phenoxy) is 1. The van der Waals surface area contributed by atoms with E-state index in [-0.39, 0.29) is 17.4 Å². The van der Waals surface area contributed by atoms with Crippen LogP contribution >= 0.6 is 23.2 Å². The Morgan fingerprint density at radius 2 is 1.78 bits per heavy atom. The molecule has 2 heterocycles. The normalized spacial score (nSPS) is 15.1. The second-order valence-corrected chi connectivity index (χ2v) is 6.51. The van der Waals surface area contributed by atoms with Gasteiger partial charge in [0.2, 0.25) is 5.90 Å². The minimum Gasteiger partial charge on any atom is -0.457 e. The fraction of sp³-hybridized carbons (Fsp3) is 0. The first kappa shape index (κ1) is 17.5. The summed E-state index contributed by atoms with van der Waals surface area (Å²) in [7, 11) is 0. The summed E-state index contributed by atoms with van der Waals surface area (Å²) in [6.45, 7) is 0. The van der Waals surface area contributed by atoms with Crippen molar-refractivity contribution in [2.24, 2.45) is 4.99 Å². The highest BCUT2D eigenvalue weighted by Gasteiger charge is 2.24. The molecule has 0 radical (unpaired) electrons. The largest absolute Gasteiger partial charge is 0.457 e. The number of hydrogen-bond acceptors (Lipinski definition) is 4. The standard InChI is InChI=1S/C20H10Cl2FNO3/c21-12-3-7-15(16(22)9-12)18-8-6-14(26-18)10-17-20(25)27-19(24-17)11-1-4-13(23)5-2-11/h1-10H/b17-10-. The van der Waals surface area contributed by atoms with Crippen LogP contribution in [0.3, 0.4) is 0 Å². The maximum absolute atomic E-state index is 13.0. The van der Waals surface area contributed by atoms with Crippen LogP contribution in [0.15, 0.2) is 69.7 Å². The topological polar surface area (TPSA) is 51.8 Å². The lowest BCUT2D eigenvalue weighted by atomic mass is 10.2. The van der Waals surface area contributed by atoms with Crippen molar-refractivity contribution in [2.75, 3.05) is 0 Å². The molecule has 3 aromatic rings. The van der Waals surface area contributed by atoms with Gasteiger partial charge in [-0.05, 0) is 54.6 Å². The van der Waals surface area contributed by atoms with Gasteiger partial charge in [0.15, 0.2) is 5.70 Å². The molecule has 2 aromatic carbocycles. The maximum Gasteiger partial charge on any atom is 0.363 e. The Hall–Kier alpha value is -2.89. The molecule has 0 saturated heterocycles. The van der Waals surface area contributed by atoms with E-state index in [1.165, 1.54) is 30.3 Å². The number of hydrogen-bond donors (Lipinski definition) is 0. The highest BCUT2D eigenvalue weighted by atomic mass is 35.5. The lowest BCUT2D eigenvalue weighted by Crippen LogP contribution is -2.05. The predicted molar refractivity (Wildman–Crippen MR) is 101 cm³/mol. The summed E-state index contributed by atoms with van der Waals surface area (Å²) in [5, 5.41) is 0.974. The highest BCUT2D eigenvalue weighted by molar-refractivity contribution is 6.36. The zero-order chi connectivity index (χ0) is 19.0. The Kier molecular flexibility index (Phi) is 4.56. The molecule has 0 N–H and O–H groups in total. The second-order valence-electron chi connectivity index (χ2n) is 5.67. The molecule has 4 nitrogen and oxygen atoms in total. The van der Waals surface area contributed by atoms with Gasteiger partial charge in [-0.2, -0.15) is 0 Å². The maximum atomic E-state index is 13.0. The number of aliphatic imine (C=N–C) groups is 1. The van der Waals surface area contributed by atoms with E-state index in [1.807, 2.05) is 0 Å². The zero-order valence-corrected chi connectivity index (χ0v) is 15.1. The third kappa shape index (κ3) is 3.65. The molecule has 1 aliphatic heterocycles. The summed E-state index contributed by atoms with van der Waals surface area (Å²) in [6.07, 6.45) is 1.46. The number of halogens is 3. The molecule has 0 spiro atoms. The zero-order valence-electron chi connectivity index (χ0n) is 13.6. The molecule has 0 fully saturated rings. The number of carbonyl (C=O) groups excluding carboxylic acids is 1. The summed E-state index contributed by atoms with van der Waals surface area (Å²) in [5.74, 6) is 0.0451. The lowest BCUT2D eigenvalue weighted by molar-refractivity contribution is -0.129. The Bertz CT molecular complexity index is 1100. The summed E-state index contributed by atoms with van der Waals surface area (Å²) >= 11 is 12.1. The summed E-state index contributed by atoms with van der Waals surface area (Å²) in [4.78, 5) is 16.2. The molecule has 7 heteroatoms. The van der Waals surface area contributed by atoms with Gasteiger partial charge in [0.05, 0.1) is 5.02 Å². The average molecular weight is 402 g/mol. The van der Waals surface area contributed by atoms with Gasteiger partial charge in [0.1, 0.15) is 17.3 Å².